The Morgan fingerprint density at radius 2 is 2.40 bits per heavy atom. The summed E-state index contributed by atoms with van der Waals surface area (Å²) in [5.74, 6) is 0.920. The summed E-state index contributed by atoms with van der Waals surface area (Å²) in [5.41, 5.74) is 7.38. The zero-order valence-corrected chi connectivity index (χ0v) is 8.67. The van der Waals surface area contributed by atoms with Gasteiger partial charge in [0.05, 0.1) is 13.0 Å². The number of carbonyl (C=O) groups excluding carboxylic acids is 1. The molecule has 0 radical (unpaired) electrons. The van der Waals surface area contributed by atoms with Crippen LogP contribution in [0.3, 0.4) is 0 Å². The van der Waals surface area contributed by atoms with Crippen molar-refractivity contribution in [2.75, 3.05) is 13.7 Å². The Morgan fingerprint density at radius 1 is 1.53 bits per heavy atom. The molecule has 1 aliphatic rings. The summed E-state index contributed by atoms with van der Waals surface area (Å²) < 4.78 is 5.39. The molecule has 4 nitrogen and oxygen atoms in total. The molecule has 80 valence electrons. The molecule has 0 bridgehead atoms. The van der Waals surface area contributed by atoms with Crippen LogP contribution in [0.2, 0.25) is 0 Å². The molecule has 1 aliphatic heterocycles. The van der Waals surface area contributed by atoms with Crippen molar-refractivity contribution in [3.8, 4) is 5.75 Å². The maximum atomic E-state index is 11.3. The van der Waals surface area contributed by atoms with Crippen molar-refractivity contribution in [2.24, 2.45) is 0 Å². The van der Waals surface area contributed by atoms with Crippen LogP contribution in [-0.2, 0) is 17.6 Å². The van der Waals surface area contributed by atoms with Gasteiger partial charge in [-0.15, -0.1) is 0 Å². The second kappa shape index (κ2) is 4.31. The Kier molecular flexibility index (Phi) is 2.87. The number of carbonyl (C=O) groups is 1. The van der Waals surface area contributed by atoms with E-state index in [4.69, 9.17) is 4.74 Å². The van der Waals surface area contributed by atoms with Crippen LogP contribution in [0, 0.1) is 0 Å². The van der Waals surface area contributed by atoms with Crippen LogP contribution in [0.25, 0.3) is 0 Å². The minimum absolute atomic E-state index is 0.0311. The van der Waals surface area contributed by atoms with Crippen LogP contribution in [0.4, 0.5) is 0 Å². The second-order valence-electron chi connectivity index (χ2n) is 3.52. The van der Waals surface area contributed by atoms with Crippen LogP contribution < -0.4 is 15.6 Å². The average Bonchev–Trinajstić information content (AvgIpc) is 2.65. The summed E-state index contributed by atoms with van der Waals surface area (Å²) in [6.45, 7) is 0.751. The van der Waals surface area contributed by atoms with E-state index in [-0.39, 0.29) is 5.91 Å². The summed E-state index contributed by atoms with van der Waals surface area (Å²) in [6, 6.07) is 5.90. The monoisotopic (exact) mass is 206 g/mol. The van der Waals surface area contributed by atoms with Crippen molar-refractivity contribution < 1.29 is 9.53 Å². The maximum Gasteiger partial charge on any atom is 0.238 e. The lowest BCUT2D eigenvalue weighted by Crippen LogP contribution is -2.35. The second-order valence-corrected chi connectivity index (χ2v) is 3.52. The number of hydrazine groups is 1. The fourth-order valence-corrected chi connectivity index (χ4v) is 1.72. The normalized spacial score (nSPS) is 13.1. The number of nitrogens with one attached hydrogen (secondary N) is 2. The van der Waals surface area contributed by atoms with Crippen LogP contribution in [0.15, 0.2) is 18.2 Å². The first kappa shape index (κ1) is 9.98. The Labute approximate surface area is 88.6 Å². The number of hydrogen-bond acceptors (Lipinski definition) is 3. The van der Waals surface area contributed by atoms with E-state index in [0.717, 1.165) is 24.3 Å². The van der Waals surface area contributed by atoms with E-state index < -0.39 is 0 Å². The fourth-order valence-electron chi connectivity index (χ4n) is 1.72. The first-order valence-electron chi connectivity index (χ1n) is 5.00. The Bertz CT molecular complexity index is 377. The molecule has 1 heterocycles. The van der Waals surface area contributed by atoms with Crippen LogP contribution in [-0.4, -0.2) is 19.6 Å². The fraction of sp³-hybridized carbons (Fsp3) is 0.364. The molecule has 0 saturated heterocycles. The number of rotatable bonds is 3. The number of hydrogen-bond donors (Lipinski definition) is 2. The summed E-state index contributed by atoms with van der Waals surface area (Å²) >= 11 is 0. The van der Waals surface area contributed by atoms with Gasteiger partial charge in [0.25, 0.3) is 0 Å². The quantitative estimate of drug-likeness (QED) is 0.704. The first-order valence-corrected chi connectivity index (χ1v) is 5.00. The first-order chi connectivity index (χ1) is 7.29. The van der Waals surface area contributed by atoms with E-state index in [1.807, 2.05) is 18.2 Å². The Morgan fingerprint density at radius 3 is 3.20 bits per heavy atom. The largest absolute Gasteiger partial charge is 0.493 e. The molecular formula is C11H14N2O2. The van der Waals surface area contributed by atoms with Gasteiger partial charge in [-0.3, -0.25) is 10.2 Å². The molecule has 0 aromatic heterocycles. The molecule has 0 saturated carbocycles. The van der Waals surface area contributed by atoms with Gasteiger partial charge in [-0.2, -0.15) is 0 Å². The SMILES string of the molecule is CNNC(=O)Cc1ccc2c(c1)CCO2. The lowest BCUT2D eigenvalue weighted by Gasteiger charge is -2.04. The molecule has 0 unspecified atom stereocenters. The summed E-state index contributed by atoms with van der Waals surface area (Å²) in [4.78, 5) is 11.3. The van der Waals surface area contributed by atoms with Crippen LogP contribution in [0.1, 0.15) is 11.1 Å². The highest BCUT2D eigenvalue weighted by Crippen LogP contribution is 2.25. The predicted molar refractivity (Wildman–Crippen MR) is 56.5 cm³/mol. The standard InChI is InChI=1S/C11H14N2O2/c1-12-13-11(14)7-8-2-3-10-9(6-8)4-5-15-10/h2-3,6,12H,4-5,7H2,1H3,(H,13,14). The number of ether oxygens (including phenoxy) is 1. The lowest BCUT2D eigenvalue weighted by molar-refractivity contribution is -0.121. The zero-order valence-electron chi connectivity index (χ0n) is 8.67. The smallest absolute Gasteiger partial charge is 0.238 e. The molecule has 1 amide bonds. The number of benzene rings is 1. The highest BCUT2D eigenvalue weighted by atomic mass is 16.5. The van der Waals surface area contributed by atoms with Crippen molar-refractivity contribution in [1.29, 1.82) is 0 Å². The van der Waals surface area contributed by atoms with Gasteiger partial charge >= 0.3 is 0 Å². The van der Waals surface area contributed by atoms with Gasteiger partial charge in [0.15, 0.2) is 0 Å². The highest BCUT2D eigenvalue weighted by Gasteiger charge is 2.12. The molecule has 0 atom stereocenters. The molecule has 15 heavy (non-hydrogen) atoms. The Balaban J connectivity index is 2.06. The van der Waals surface area contributed by atoms with Crippen molar-refractivity contribution in [2.45, 2.75) is 12.8 Å². The minimum Gasteiger partial charge on any atom is -0.493 e. The van der Waals surface area contributed by atoms with Gasteiger partial charge in [0, 0.05) is 13.5 Å². The number of fused-ring (bicyclic) bond motifs is 1. The predicted octanol–water partition coefficient (Wildman–Crippen LogP) is 0.415. The average molecular weight is 206 g/mol. The third-order valence-corrected chi connectivity index (χ3v) is 2.38. The van der Waals surface area contributed by atoms with Crippen molar-refractivity contribution in [3.05, 3.63) is 29.3 Å². The molecule has 0 fully saturated rings. The van der Waals surface area contributed by atoms with Gasteiger partial charge in [0.1, 0.15) is 5.75 Å². The highest BCUT2D eigenvalue weighted by molar-refractivity contribution is 5.78. The molecule has 1 aromatic rings. The summed E-state index contributed by atoms with van der Waals surface area (Å²) in [7, 11) is 1.68. The van der Waals surface area contributed by atoms with E-state index in [9.17, 15) is 4.79 Å². The van der Waals surface area contributed by atoms with Crippen LogP contribution in [0.5, 0.6) is 5.75 Å². The zero-order chi connectivity index (χ0) is 10.7. The third-order valence-electron chi connectivity index (χ3n) is 2.38. The molecule has 1 aromatic carbocycles. The van der Waals surface area contributed by atoms with E-state index in [2.05, 4.69) is 10.9 Å². The van der Waals surface area contributed by atoms with Crippen molar-refractivity contribution >= 4 is 5.91 Å². The van der Waals surface area contributed by atoms with Crippen molar-refractivity contribution in [1.82, 2.24) is 10.9 Å². The lowest BCUT2D eigenvalue weighted by atomic mass is 10.1. The molecule has 4 heteroatoms. The van der Waals surface area contributed by atoms with Crippen LogP contribution >= 0.6 is 0 Å². The van der Waals surface area contributed by atoms with E-state index >= 15 is 0 Å². The topological polar surface area (TPSA) is 50.4 Å². The van der Waals surface area contributed by atoms with Gasteiger partial charge in [-0.1, -0.05) is 12.1 Å². The molecular weight excluding hydrogens is 192 g/mol. The summed E-state index contributed by atoms with van der Waals surface area (Å²) in [5, 5.41) is 0. The van der Waals surface area contributed by atoms with E-state index in [1.54, 1.807) is 7.05 Å². The van der Waals surface area contributed by atoms with E-state index in [0.29, 0.717) is 6.42 Å². The molecule has 2 rings (SSSR count). The minimum atomic E-state index is -0.0311. The Hall–Kier alpha value is -1.55. The van der Waals surface area contributed by atoms with Gasteiger partial charge < -0.3 is 4.74 Å². The molecule has 0 spiro atoms. The summed E-state index contributed by atoms with van der Waals surface area (Å²) in [6.07, 6.45) is 1.34. The molecule has 0 aliphatic carbocycles. The third kappa shape index (κ3) is 2.27. The maximum absolute atomic E-state index is 11.3. The van der Waals surface area contributed by atoms with Crippen molar-refractivity contribution in [3.63, 3.8) is 0 Å². The van der Waals surface area contributed by atoms with Gasteiger partial charge in [0.2, 0.25) is 5.91 Å². The van der Waals surface area contributed by atoms with Gasteiger partial charge in [-0.05, 0) is 17.2 Å². The van der Waals surface area contributed by atoms with Gasteiger partial charge in [-0.25, -0.2) is 5.43 Å². The molecule has 2 N–H and O–H groups in total. The number of amides is 1. The van der Waals surface area contributed by atoms with E-state index in [1.165, 1.54) is 5.56 Å².